The summed E-state index contributed by atoms with van der Waals surface area (Å²) in [7, 11) is 0. The summed E-state index contributed by atoms with van der Waals surface area (Å²) in [6.45, 7) is 4.93. The van der Waals surface area contributed by atoms with E-state index in [2.05, 4.69) is 24.4 Å². The zero-order chi connectivity index (χ0) is 15.2. The van der Waals surface area contributed by atoms with Crippen LogP contribution < -0.4 is 31.9 Å². The van der Waals surface area contributed by atoms with Crippen LogP contribution in [-0.4, -0.2) is 13.3 Å². The Labute approximate surface area is 143 Å². The number of hydrogen-bond acceptors (Lipinski definition) is 4. The first-order valence-electron chi connectivity index (χ1n) is 7.66. The summed E-state index contributed by atoms with van der Waals surface area (Å²) in [6, 6.07) is 14.1. The molecular formula is C18H21ClNO3-. The van der Waals surface area contributed by atoms with Crippen molar-refractivity contribution >= 4 is 0 Å². The van der Waals surface area contributed by atoms with Gasteiger partial charge in [0.05, 0.1) is 0 Å². The number of ether oxygens (including phenoxy) is 3. The molecule has 0 radical (unpaired) electrons. The van der Waals surface area contributed by atoms with Gasteiger partial charge in [-0.1, -0.05) is 25.1 Å². The molecule has 0 amide bonds. The number of fused-ring (bicyclic) bond motifs is 1. The van der Waals surface area contributed by atoms with Crippen molar-refractivity contribution in [3.05, 3.63) is 53.6 Å². The molecule has 1 N–H and O–H groups in total. The molecule has 1 heterocycles. The Bertz CT molecular complexity index is 616. The molecule has 0 bridgehead atoms. The van der Waals surface area contributed by atoms with Crippen LogP contribution in [0.15, 0.2) is 42.5 Å². The summed E-state index contributed by atoms with van der Waals surface area (Å²) in [5.74, 6) is 2.46. The molecule has 2 aromatic carbocycles. The van der Waals surface area contributed by atoms with Crippen LogP contribution in [0.4, 0.5) is 0 Å². The average Bonchev–Trinajstić information content (AvgIpc) is 3.02. The molecule has 0 unspecified atom stereocenters. The number of nitrogens with one attached hydrogen (secondary N) is 1. The average molecular weight is 335 g/mol. The Hall–Kier alpha value is -1.91. The first-order chi connectivity index (χ1) is 10.8. The molecule has 23 heavy (non-hydrogen) atoms. The quantitative estimate of drug-likeness (QED) is 0.749. The van der Waals surface area contributed by atoms with Crippen molar-refractivity contribution in [2.24, 2.45) is 0 Å². The zero-order valence-electron chi connectivity index (χ0n) is 13.2. The van der Waals surface area contributed by atoms with E-state index in [1.54, 1.807) is 0 Å². The lowest BCUT2D eigenvalue weighted by molar-refractivity contribution is -0.00000643. The highest BCUT2D eigenvalue weighted by Crippen LogP contribution is 2.32. The van der Waals surface area contributed by atoms with E-state index in [-0.39, 0.29) is 12.4 Å². The summed E-state index contributed by atoms with van der Waals surface area (Å²) in [6.07, 6.45) is 1.15. The fourth-order valence-electron chi connectivity index (χ4n) is 2.31. The molecule has 1 aliphatic rings. The zero-order valence-corrected chi connectivity index (χ0v) is 13.9. The van der Waals surface area contributed by atoms with Gasteiger partial charge < -0.3 is 31.9 Å². The first kappa shape index (κ1) is 17.4. The predicted molar refractivity (Wildman–Crippen MR) is 85.3 cm³/mol. The largest absolute Gasteiger partial charge is 1.00 e. The summed E-state index contributed by atoms with van der Waals surface area (Å²) in [5.41, 5.74) is 2.34. The molecule has 2 aromatic rings. The van der Waals surface area contributed by atoms with Crippen molar-refractivity contribution in [3.63, 3.8) is 0 Å². The third-order valence-electron chi connectivity index (χ3n) is 3.52. The number of rotatable bonds is 7. The summed E-state index contributed by atoms with van der Waals surface area (Å²) < 4.78 is 16.5. The van der Waals surface area contributed by atoms with Gasteiger partial charge in [-0.3, -0.25) is 0 Å². The van der Waals surface area contributed by atoms with Gasteiger partial charge in [-0.15, -0.1) is 0 Å². The fraction of sp³-hybridized carbons (Fsp3) is 0.333. The standard InChI is InChI=1S/C18H21NO3.ClH/c1-2-9-19-11-14-3-6-16(7-4-14)20-12-15-5-8-17-18(10-15)22-13-21-17;/h3-8,10,19H,2,9,11-13H2,1H3;1H/p-1. The second kappa shape index (κ2) is 8.65. The molecule has 124 valence electrons. The van der Waals surface area contributed by atoms with Gasteiger partial charge in [0.25, 0.3) is 0 Å². The molecular weight excluding hydrogens is 314 g/mol. The maximum atomic E-state index is 5.82. The van der Waals surface area contributed by atoms with Gasteiger partial charge in [0.2, 0.25) is 6.79 Å². The van der Waals surface area contributed by atoms with Crippen molar-refractivity contribution in [2.45, 2.75) is 26.5 Å². The van der Waals surface area contributed by atoms with E-state index >= 15 is 0 Å². The highest BCUT2D eigenvalue weighted by Gasteiger charge is 2.13. The number of hydrogen-bond donors (Lipinski definition) is 1. The smallest absolute Gasteiger partial charge is 0.231 e. The van der Waals surface area contributed by atoms with Crippen molar-refractivity contribution in [1.82, 2.24) is 5.32 Å². The lowest BCUT2D eigenvalue weighted by Crippen LogP contribution is -3.00. The predicted octanol–water partition coefficient (Wildman–Crippen LogP) is 0.498. The Morgan fingerprint density at radius 1 is 1.00 bits per heavy atom. The number of benzene rings is 2. The van der Waals surface area contributed by atoms with E-state index in [1.807, 2.05) is 30.3 Å². The minimum Gasteiger partial charge on any atom is -1.00 e. The van der Waals surface area contributed by atoms with E-state index in [4.69, 9.17) is 14.2 Å². The second-order valence-corrected chi connectivity index (χ2v) is 5.30. The van der Waals surface area contributed by atoms with Crippen LogP contribution in [0.25, 0.3) is 0 Å². The van der Waals surface area contributed by atoms with E-state index in [1.165, 1.54) is 5.56 Å². The van der Waals surface area contributed by atoms with Crippen LogP contribution in [-0.2, 0) is 13.2 Å². The molecule has 1 aliphatic heterocycles. The molecule has 5 heteroatoms. The molecule has 0 atom stereocenters. The number of halogens is 1. The molecule has 0 saturated carbocycles. The van der Waals surface area contributed by atoms with Gasteiger partial charge in [0.15, 0.2) is 11.5 Å². The van der Waals surface area contributed by atoms with Gasteiger partial charge in [0.1, 0.15) is 12.4 Å². The van der Waals surface area contributed by atoms with Crippen molar-refractivity contribution in [1.29, 1.82) is 0 Å². The maximum Gasteiger partial charge on any atom is 0.231 e. The van der Waals surface area contributed by atoms with Gasteiger partial charge in [-0.25, -0.2) is 0 Å². The Balaban J connectivity index is 0.00000192. The van der Waals surface area contributed by atoms with Crippen molar-refractivity contribution < 1.29 is 26.6 Å². The van der Waals surface area contributed by atoms with Gasteiger partial charge in [0, 0.05) is 6.54 Å². The third-order valence-corrected chi connectivity index (χ3v) is 3.52. The first-order valence-corrected chi connectivity index (χ1v) is 7.66. The van der Waals surface area contributed by atoms with E-state index in [0.717, 1.165) is 42.3 Å². The summed E-state index contributed by atoms with van der Waals surface area (Å²) in [4.78, 5) is 0. The topological polar surface area (TPSA) is 39.7 Å². The molecule has 0 aromatic heterocycles. The van der Waals surface area contributed by atoms with Gasteiger partial charge in [-0.2, -0.15) is 0 Å². The van der Waals surface area contributed by atoms with Crippen molar-refractivity contribution in [3.8, 4) is 17.2 Å². The van der Waals surface area contributed by atoms with E-state index < -0.39 is 0 Å². The molecule has 3 rings (SSSR count). The molecule has 0 spiro atoms. The van der Waals surface area contributed by atoms with Crippen LogP contribution in [0, 0.1) is 0 Å². The SMILES string of the molecule is CCCNCc1ccc(OCc2ccc3c(c2)OCO3)cc1.[Cl-]. The molecule has 4 nitrogen and oxygen atoms in total. The van der Waals surface area contributed by atoms with Crippen LogP contribution in [0.2, 0.25) is 0 Å². The summed E-state index contributed by atoms with van der Waals surface area (Å²) >= 11 is 0. The van der Waals surface area contributed by atoms with Crippen LogP contribution in [0.5, 0.6) is 17.2 Å². The van der Waals surface area contributed by atoms with Crippen LogP contribution in [0.3, 0.4) is 0 Å². The monoisotopic (exact) mass is 334 g/mol. The Morgan fingerprint density at radius 3 is 2.52 bits per heavy atom. The van der Waals surface area contributed by atoms with Crippen LogP contribution in [0.1, 0.15) is 24.5 Å². The third kappa shape index (κ3) is 4.78. The molecule has 0 aliphatic carbocycles. The minimum atomic E-state index is 0. The fourth-order valence-corrected chi connectivity index (χ4v) is 2.31. The van der Waals surface area contributed by atoms with E-state index in [0.29, 0.717) is 13.4 Å². The molecule has 0 saturated heterocycles. The highest BCUT2D eigenvalue weighted by molar-refractivity contribution is 5.44. The van der Waals surface area contributed by atoms with Crippen LogP contribution >= 0.6 is 0 Å². The van der Waals surface area contributed by atoms with Crippen molar-refractivity contribution in [2.75, 3.05) is 13.3 Å². The lowest BCUT2D eigenvalue weighted by Gasteiger charge is -2.08. The highest BCUT2D eigenvalue weighted by atomic mass is 35.5. The van der Waals surface area contributed by atoms with Gasteiger partial charge in [-0.05, 0) is 48.4 Å². The lowest BCUT2D eigenvalue weighted by atomic mass is 10.2. The minimum absolute atomic E-state index is 0. The normalized spacial score (nSPS) is 11.9. The molecule has 0 fully saturated rings. The summed E-state index contributed by atoms with van der Waals surface area (Å²) in [5, 5.41) is 3.39. The van der Waals surface area contributed by atoms with E-state index in [9.17, 15) is 0 Å². The second-order valence-electron chi connectivity index (χ2n) is 5.30. The Kier molecular flexibility index (Phi) is 6.56. The van der Waals surface area contributed by atoms with Gasteiger partial charge >= 0.3 is 0 Å². The maximum absolute atomic E-state index is 5.82. The Morgan fingerprint density at radius 2 is 1.74 bits per heavy atom.